The Morgan fingerprint density at radius 3 is 2.52 bits per heavy atom. The molecule has 8 nitrogen and oxygen atoms in total. The topological polar surface area (TPSA) is 92.0 Å². The van der Waals surface area contributed by atoms with Crippen molar-refractivity contribution in [1.29, 1.82) is 0 Å². The molecule has 27 heavy (non-hydrogen) atoms. The Balaban J connectivity index is 1.85. The van der Waals surface area contributed by atoms with Crippen molar-refractivity contribution in [2.75, 3.05) is 38.0 Å². The molecule has 1 aromatic rings. The number of nitrogens with one attached hydrogen (secondary N) is 3. The summed E-state index contributed by atoms with van der Waals surface area (Å²) in [6.45, 7) is 9.74. The predicted molar refractivity (Wildman–Crippen MR) is 109 cm³/mol. The fraction of sp³-hybridized carbons (Fsp3) is 0.556. The number of carbonyl (C=O) groups is 1. The minimum absolute atomic E-state index is 0.0500. The van der Waals surface area contributed by atoms with E-state index >= 15 is 0 Å². The summed E-state index contributed by atoms with van der Waals surface area (Å²) in [6.07, 6.45) is 0.945. The average molecular weight is 395 g/mol. The lowest BCUT2D eigenvalue weighted by Crippen LogP contribution is -3.13. The quantitative estimate of drug-likeness (QED) is 0.397. The van der Waals surface area contributed by atoms with Crippen LogP contribution in [0.2, 0.25) is 0 Å². The number of thiocarbonyl (C=S) groups is 1. The van der Waals surface area contributed by atoms with Crippen LogP contribution in [0.5, 0.6) is 0 Å². The van der Waals surface area contributed by atoms with Gasteiger partial charge in [-0.1, -0.05) is 0 Å². The summed E-state index contributed by atoms with van der Waals surface area (Å²) in [7, 11) is 0. The van der Waals surface area contributed by atoms with E-state index in [2.05, 4.69) is 15.5 Å². The first-order valence-corrected chi connectivity index (χ1v) is 9.50. The smallest absolute Gasteiger partial charge is 0.275 e. The average Bonchev–Trinajstić information content (AvgIpc) is 2.79. The van der Waals surface area contributed by atoms with Crippen molar-refractivity contribution in [3.8, 4) is 0 Å². The SMILES string of the molecule is CC(C)(C)NC(=O)C[NH+]1CCCN(C(=S)Nc2ccc([N+](=O)[O-])cc2)CC1. The molecule has 1 saturated heterocycles. The molecule has 0 bridgehead atoms. The Labute approximate surface area is 165 Å². The van der Waals surface area contributed by atoms with Gasteiger partial charge in [0.2, 0.25) is 0 Å². The molecule has 1 aliphatic rings. The molecular weight excluding hydrogens is 366 g/mol. The molecule has 9 heteroatoms. The van der Waals surface area contributed by atoms with Gasteiger partial charge in [0, 0.05) is 36.3 Å². The summed E-state index contributed by atoms with van der Waals surface area (Å²) in [5.41, 5.74) is 0.558. The van der Waals surface area contributed by atoms with Crippen LogP contribution in [0.3, 0.4) is 0 Å². The van der Waals surface area contributed by atoms with Gasteiger partial charge in [-0.15, -0.1) is 0 Å². The number of hydrogen-bond acceptors (Lipinski definition) is 4. The molecule has 0 aromatic heterocycles. The van der Waals surface area contributed by atoms with E-state index < -0.39 is 4.92 Å². The number of nitro groups is 1. The van der Waals surface area contributed by atoms with Crippen LogP contribution in [0.15, 0.2) is 24.3 Å². The highest BCUT2D eigenvalue weighted by Gasteiger charge is 2.23. The van der Waals surface area contributed by atoms with Crippen LogP contribution < -0.4 is 15.5 Å². The van der Waals surface area contributed by atoms with Crippen molar-refractivity contribution in [3.05, 3.63) is 34.4 Å². The van der Waals surface area contributed by atoms with E-state index in [0.717, 1.165) is 38.3 Å². The highest BCUT2D eigenvalue weighted by molar-refractivity contribution is 7.80. The van der Waals surface area contributed by atoms with E-state index in [1.807, 2.05) is 20.8 Å². The summed E-state index contributed by atoms with van der Waals surface area (Å²) in [5.74, 6) is 0.0672. The maximum Gasteiger partial charge on any atom is 0.275 e. The van der Waals surface area contributed by atoms with Gasteiger partial charge in [-0.3, -0.25) is 14.9 Å². The molecular formula is C18H28N5O3S+. The molecule has 2 rings (SSSR count). The van der Waals surface area contributed by atoms with Gasteiger partial charge in [0.25, 0.3) is 11.6 Å². The number of rotatable bonds is 4. The number of nitrogens with zero attached hydrogens (tertiary/aromatic N) is 2. The van der Waals surface area contributed by atoms with Crippen molar-refractivity contribution in [2.24, 2.45) is 0 Å². The van der Waals surface area contributed by atoms with Crippen LogP contribution in [0, 0.1) is 10.1 Å². The third kappa shape index (κ3) is 7.10. The second-order valence-corrected chi connectivity index (χ2v) is 8.19. The number of anilines is 1. The summed E-state index contributed by atoms with van der Waals surface area (Å²) in [4.78, 5) is 25.8. The molecule has 1 aromatic carbocycles. The van der Waals surface area contributed by atoms with E-state index in [9.17, 15) is 14.9 Å². The van der Waals surface area contributed by atoms with Crippen LogP contribution in [0.1, 0.15) is 27.2 Å². The van der Waals surface area contributed by atoms with E-state index in [1.54, 1.807) is 12.1 Å². The monoisotopic (exact) mass is 394 g/mol. The zero-order valence-corrected chi connectivity index (χ0v) is 16.9. The van der Waals surface area contributed by atoms with E-state index in [4.69, 9.17) is 12.2 Å². The van der Waals surface area contributed by atoms with E-state index in [-0.39, 0.29) is 17.1 Å². The van der Waals surface area contributed by atoms with E-state index in [0.29, 0.717) is 11.7 Å². The molecule has 1 aliphatic heterocycles. The largest absolute Gasteiger partial charge is 0.347 e. The number of amides is 1. The van der Waals surface area contributed by atoms with Crippen LogP contribution in [-0.2, 0) is 4.79 Å². The van der Waals surface area contributed by atoms with Crippen LogP contribution in [0.25, 0.3) is 0 Å². The van der Waals surface area contributed by atoms with Crippen molar-refractivity contribution >= 4 is 34.6 Å². The number of benzene rings is 1. The third-order valence-corrected chi connectivity index (χ3v) is 4.60. The molecule has 1 amide bonds. The minimum atomic E-state index is -0.427. The molecule has 0 radical (unpaired) electrons. The van der Waals surface area contributed by atoms with E-state index in [1.165, 1.54) is 17.0 Å². The van der Waals surface area contributed by atoms with Crippen LogP contribution in [-0.4, -0.2) is 59.1 Å². The minimum Gasteiger partial charge on any atom is -0.347 e. The van der Waals surface area contributed by atoms with Crippen molar-refractivity contribution < 1.29 is 14.6 Å². The summed E-state index contributed by atoms with van der Waals surface area (Å²) < 4.78 is 0. The van der Waals surface area contributed by atoms with Crippen LogP contribution in [0.4, 0.5) is 11.4 Å². The molecule has 1 atom stereocenters. The maximum atomic E-state index is 12.1. The Hall–Kier alpha value is -2.26. The molecule has 0 saturated carbocycles. The van der Waals surface area contributed by atoms with Gasteiger partial charge in [-0.2, -0.15) is 0 Å². The fourth-order valence-corrected chi connectivity index (χ4v) is 3.29. The number of nitro benzene ring substituents is 1. The predicted octanol–water partition coefficient (Wildman–Crippen LogP) is 0.797. The lowest BCUT2D eigenvalue weighted by atomic mass is 10.1. The molecule has 0 spiro atoms. The zero-order valence-electron chi connectivity index (χ0n) is 16.1. The van der Waals surface area contributed by atoms with Gasteiger partial charge in [0.05, 0.1) is 24.6 Å². The van der Waals surface area contributed by atoms with Crippen molar-refractivity contribution in [3.63, 3.8) is 0 Å². The molecule has 1 heterocycles. The third-order valence-electron chi connectivity index (χ3n) is 4.24. The molecule has 3 N–H and O–H groups in total. The van der Waals surface area contributed by atoms with Gasteiger partial charge in [0.15, 0.2) is 11.7 Å². The summed E-state index contributed by atoms with van der Waals surface area (Å²) in [6, 6.07) is 6.20. The highest BCUT2D eigenvalue weighted by Crippen LogP contribution is 2.16. The summed E-state index contributed by atoms with van der Waals surface area (Å²) >= 11 is 5.49. The number of hydrogen-bond donors (Lipinski definition) is 3. The van der Waals surface area contributed by atoms with Gasteiger partial charge < -0.3 is 20.4 Å². The first kappa shape index (κ1) is 21.0. The molecule has 0 aliphatic carbocycles. The first-order valence-electron chi connectivity index (χ1n) is 9.09. The van der Waals surface area contributed by atoms with Gasteiger partial charge >= 0.3 is 0 Å². The number of carbonyl (C=O) groups excluding carboxylic acids is 1. The Morgan fingerprint density at radius 1 is 1.26 bits per heavy atom. The standard InChI is InChI=1S/C18H27N5O3S/c1-18(2,3)20-16(24)13-21-9-4-10-22(12-11-21)17(27)19-14-5-7-15(8-6-14)23(25)26/h5-8H,4,9-13H2,1-3H3,(H,19,27)(H,20,24)/p+1. The summed E-state index contributed by atoms with van der Waals surface area (Å²) in [5, 5.41) is 17.5. The Bertz CT molecular complexity index is 687. The van der Waals surface area contributed by atoms with Gasteiger partial charge in [0.1, 0.15) is 0 Å². The Morgan fingerprint density at radius 2 is 1.93 bits per heavy atom. The van der Waals surface area contributed by atoms with Crippen molar-refractivity contribution in [1.82, 2.24) is 10.2 Å². The first-order chi connectivity index (χ1) is 12.6. The molecule has 148 valence electrons. The number of quaternary nitrogens is 1. The second kappa shape index (κ2) is 9.09. The zero-order chi connectivity index (χ0) is 20.0. The lowest BCUT2D eigenvalue weighted by Gasteiger charge is -2.24. The van der Waals surface area contributed by atoms with Gasteiger partial charge in [-0.05, 0) is 45.1 Å². The maximum absolute atomic E-state index is 12.1. The lowest BCUT2D eigenvalue weighted by molar-refractivity contribution is -0.889. The van der Waals surface area contributed by atoms with Crippen molar-refractivity contribution in [2.45, 2.75) is 32.7 Å². The number of non-ortho nitro benzene ring substituents is 1. The normalized spacial score (nSPS) is 17.7. The fourth-order valence-electron chi connectivity index (χ4n) is 2.99. The second-order valence-electron chi connectivity index (χ2n) is 7.80. The molecule has 1 fully saturated rings. The Kier molecular flexibility index (Phi) is 7.09. The van der Waals surface area contributed by atoms with Gasteiger partial charge in [-0.25, -0.2) is 0 Å². The van der Waals surface area contributed by atoms with Crippen LogP contribution >= 0.6 is 12.2 Å². The highest BCUT2D eigenvalue weighted by atomic mass is 32.1. The molecule has 1 unspecified atom stereocenters.